The molecule has 0 unspecified atom stereocenters. The lowest BCUT2D eigenvalue weighted by Gasteiger charge is -2.06. The van der Waals surface area contributed by atoms with E-state index in [1.54, 1.807) is 18.2 Å². The quantitative estimate of drug-likeness (QED) is 0.459. The first kappa shape index (κ1) is 17.3. The molecule has 0 saturated heterocycles. The van der Waals surface area contributed by atoms with Crippen LogP contribution >= 0.6 is 15.9 Å². The van der Waals surface area contributed by atoms with Crippen molar-refractivity contribution < 1.29 is 9.84 Å². The van der Waals surface area contributed by atoms with Gasteiger partial charge in [0.2, 0.25) is 0 Å². The van der Waals surface area contributed by atoms with Crippen LogP contribution in [-0.2, 0) is 0 Å². The van der Waals surface area contributed by atoms with Crippen LogP contribution in [0.5, 0.6) is 11.5 Å². The molecule has 0 aliphatic rings. The molecular weight excluding hydrogens is 406 g/mol. The van der Waals surface area contributed by atoms with Gasteiger partial charge in [0, 0.05) is 22.4 Å². The molecule has 27 heavy (non-hydrogen) atoms. The van der Waals surface area contributed by atoms with Gasteiger partial charge >= 0.3 is 0 Å². The van der Waals surface area contributed by atoms with Crippen molar-refractivity contribution in [2.75, 3.05) is 7.11 Å². The van der Waals surface area contributed by atoms with E-state index in [-0.39, 0.29) is 5.75 Å². The normalized spacial score (nSPS) is 11.3. The smallest absolute Gasteiger partial charge is 0.165 e. The van der Waals surface area contributed by atoms with Crippen molar-refractivity contribution in [3.8, 4) is 22.8 Å². The van der Waals surface area contributed by atoms with Crippen molar-refractivity contribution in [3.63, 3.8) is 0 Å². The number of benzene rings is 2. The number of nitrogens with zero attached hydrogens (tertiary/aromatic N) is 3. The van der Waals surface area contributed by atoms with Gasteiger partial charge in [-0.25, -0.2) is 9.98 Å². The van der Waals surface area contributed by atoms with Crippen molar-refractivity contribution >= 4 is 33.6 Å². The number of methoxy groups -OCH3 is 1. The number of aliphatic imine (C=N–C) groups is 1. The Hall–Kier alpha value is -3.12. The Morgan fingerprint density at radius 2 is 1.93 bits per heavy atom. The van der Waals surface area contributed by atoms with Gasteiger partial charge in [0.25, 0.3) is 0 Å². The first-order chi connectivity index (χ1) is 13.2. The van der Waals surface area contributed by atoms with Gasteiger partial charge < -0.3 is 9.84 Å². The maximum atomic E-state index is 9.89. The average Bonchev–Trinajstić information content (AvgIpc) is 3.05. The summed E-state index contributed by atoms with van der Waals surface area (Å²) in [5.41, 5.74) is 3.29. The van der Waals surface area contributed by atoms with E-state index in [9.17, 15) is 5.11 Å². The van der Waals surface area contributed by atoms with Gasteiger partial charge in [0.15, 0.2) is 17.3 Å². The van der Waals surface area contributed by atoms with E-state index in [2.05, 4.69) is 15.9 Å². The molecule has 134 valence electrons. The summed E-state index contributed by atoms with van der Waals surface area (Å²) in [7, 11) is 1.52. The number of aromatic hydroxyl groups is 1. The predicted molar refractivity (Wildman–Crippen MR) is 110 cm³/mol. The Labute approximate surface area is 164 Å². The number of imidazole rings is 1. The van der Waals surface area contributed by atoms with Crippen molar-refractivity contribution in [1.29, 1.82) is 0 Å². The lowest BCUT2D eigenvalue weighted by molar-refractivity contribution is 0.373. The molecule has 2 aromatic heterocycles. The van der Waals surface area contributed by atoms with Crippen LogP contribution in [0.2, 0.25) is 0 Å². The predicted octanol–water partition coefficient (Wildman–Crippen LogP) is 5.23. The number of halogens is 1. The minimum atomic E-state index is 0.0853. The topological polar surface area (TPSA) is 59.1 Å². The average molecular weight is 422 g/mol. The Bertz CT molecular complexity index is 1140. The van der Waals surface area contributed by atoms with Gasteiger partial charge in [-0.1, -0.05) is 30.3 Å². The zero-order valence-corrected chi connectivity index (χ0v) is 16.1. The third-order valence-corrected chi connectivity index (χ3v) is 4.61. The number of phenolic OH excluding ortho intramolecular Hbond substituents is 1. The second kappa shape index (κ2) is 7.25. The van der Waals surface area contributed by atoms with E-state index < -0.39 is 0 Å². The number of rotatable bonds is 4. The van der Waals surface area contributed by atoms with Crippen molar-refractivity contribution in [3.05, 3.63) is 76.9 Å². The monoisotopic (exact) mass is 421 g/mol. The van der Waals surface area contributed by atoms with Crippen LogP contribution in [0.1, 0.15) is 5.56 Å². The van der Waals surface area contributed by atoms with Crippen LogP contribution in [0.4, 0.5) is 5.82 Å². The summed E-state index contributed by atoms with van der Waals surface area (Å²) in [6, 6.07) is 18.9. The molecule has 0 aliphatic heterocycles. The van der Waals surface area contributed by atoms with Gasteiger partial charge in [-0.15, -0.1) is 0 Å². The summed E-state index contributed by atoms with van der Waals surface area (Å²) in [5.74, 6) is 1.17. The molecule has 0 spiro atoms. The number of fused-ring (bicyclic) bond motifs is 1. The zero-order chi connectivity index (χ0) is 18.8. The SMILES string of the molecule is COc1cc(-c2nc3ccc(Br)cn3c2N=Cc2ccccc2)ccc1O. The number of phenols is 1. The second-order valence-electron chi connectivity index (χ2n) is 5.92. The molecule has 2 heterocycles. The van der Waals surface area contributed by atoms with Gasteiger partial charge in [0.05, 0.1) is 7.11 Å². The highest BCUT2D eigenvalue weighted by molar-refractivity contribution is 9.10. The number of ether oxygens (including phenoxy) is 1. The molecule has 4 aromatic rings. The first-order valence-electron chi connectivity index (χ1n) is 8.30. The summed E-state index contributed by atoms with van der Waals surface area (Å²) in [4.78, 5) is 9.44. The minimum absolute atomic E-state index is 0.0853. The fourth-order valence-corrected chi connectivity index (χ4v) is 3.16. The summed E-state index contributed by atoms with van der Waals surface area (Å²) >= 11 is 3.51. The standard InChI is InChI=1S/C21H16BrN3O2/c1-27-18-11-15(7-9-17(18)26)20-21(23-12-14-5-3-2-4-6-14)25-13-16(22)8-10-19(25)24-20/h2-13,26H,1H3. The second-order valence-corrected chi connectivity index (χ2v) is 6.83. The van der Waals surface area contributed by atoms with Crippen LogP contribution in [0.15, 0.2) is 76.3 Å². The summed E-state index contributed by atoms with van der Waals surface area (Å²) in [6.07, 6.45) is 3.74. The van der Waals surface area contributed by atoms with E-state index in [0.29, 0.717) is 17.3 Å². The van der Waals surface area contributed by atoms with E-state index >= 15 is 0 Å². The first-order valence-corrected chi connectivity index (χ1v) is 9.09. The Kier molecular flexibility index (Phi) is 4.64. The maximum Gasteiger partial charge on any atom is 0.165 e. The maximum absolute atomic E-state index is 9.89. The van der Waals surface area contributed by atoms with Crippen LogP contribution in [0, 0.1) is 0 Å². The summed E-state index contributed by atoms with van der Waals surface area (Å²) < 4.78 is 8.10. The van der Waals surface area contributed by atoms with E-state index in [4.69, 9.17) is 14.7 Å². The van der Waals surface area contributed by atoms with Crippen LogP contribution < -0.4 is 4.74 Å². The molecule has 6 heteroatoms. The highest BCUT2D eigenvalue weighted by Gasteiger charge is 2.15. The number of hydrogen-bond acceptors (Lipinski definition) is 4. The third kappa shape index (κ3) is 3.44. The van der Waals surface area contributed by atoms with Crippen molar-refractivity contribution in [1.82, 2.24) is 9.38 Å². The van der Waals surface area contributed by atoms with Gasteiger partial charge in [0.1, 0.15) is 11.3 Å². The van der Waals surface area contributed by atoms with E-state index in [1.165, 1.54) is 7.11 Å². The molecule has 4 rings (SSSR count). The molecule has 0 fully saturated rings. The Morgan fingerprint density at radius 3 is 2.70 bits per heavy atom. The molecule has 5 nitrogen and oxygen atoms in total. The highest BCUT2D eigenvalue weighted by atomic mass is 79.9. The lowest BCUT2D eigenvalue weighted by atomic mass is 10.1. The van der Waals surface area contributed by atoms with Gasteiger partial charge in [-0.05, 0) is 51.8 Å². The molecule has 0 radical (unpaired) electrons. The van der Waals surface area contributed by atoms with Gasteiger partial charge in [-0.2, -0.15) is 0 Å². The largest absolute Gasteiger partial charge is 0.504 e. The molecule has 0 bridgehead atoms. The number of hydrogen-bond donors (Lipinski definition) is 1. The van der Waals surface area contributed by atoms with Crippen molar-refractivity contribution in [2.24, 2.45) is 4.99 Å². The van der Waals surface area contributed by atoms with Gasteiger partial charge in [-0.3, -0.25) is 4.40 Å². The van der Waals surface area contributed by atoms with E-state index in [1.807, 2.05) is 59.3 Å². The van der Waals surface area contributed by atoms with E-state index in [0.717, 1.165) is 21.2 Å². The van der Waals surface area contributed by atoms with Crippen LogP contribution in [0.3, 0.4) is 0 Å². The fraction of sp³-hybridized carbons (Fsp3) is 0.0476. The number of aromatic nitrogens is 2. The number of pyridine rings is 1. The molecule has 0 amide bonds. The molecule has 0 aliphatic carbocycles. The highest BCUT2D eigenvalue weighted by Crippen LogP contribution is 2.36. The molecule has 0 atom stereocenters. The molecule has 1 N–H and O–H groups in total. The molecular formula is C21H16BrN3O2. The fourth-order valence-electron chi connectivity index (χ4n) is 2.82. The molecule has 0 saturated carbocycles. The van der Waals surface area contributed by atoms with Crippen LogP contribution in [-0.4, -0.2) is 27.8 Å². The zero-order valence-electron chi connectivity index (χ0n) is 14.5. The molecule has 2 aromatic carbocycles. The van der Waals surface area contributed by atoms with Crippen molar-refractivity contribution in [2.45, 2.75) is 0 Å². The third-order valence-electron chi connectivity index (χ3n) is 4.15. The minimum Gasteiger partial charge on any atom is -0.504 e. The summed E-state index contributed by atoms with van der Waals surface area (Å²) in [5, 5.41) is 9.89. The van der Waals surface area contributed by atoms with Crippen LogP contribution in [0.25, 0.3) is 16.9 Å². The summed E-state index contributed by atoms with van der Waals surface area (Å²) in [6.45, 7) is 0. The lowest BCUT2D eigenvalue weighted by Crippen LogP contribution is -1.87. The Balaban J connectivity index is 1.91. The Morgan fingerprint density at radius 1 is 1.11 bits per heavy atom.